The molecule has 5 nitrogen and oxygen atoms in total. The summed E-state index contributed by atoms with van der Waals surface area (Å²) in [6, 6.07) is 2.97. The number of hydrogen-bond acceptors (Lipinski definition) is 3. The topological polar surface area (TPSA) is 69.6 Å². The zero-order valence-corrected chi connectivity index (χ0v) is 13.8. The number of carbonyl (C=O) groups excluding carboxylic acids is 2. The Labute approximate surface area is 139 Å². The van der Waals surface area contributed by atoms with Crippen LogP contribution in [0.1, 0.15) is 26.7 Å². The molecule has 1 heterocycles. The lowest BCUT2D eigenvalue weighted by atomic mass is 10.0. The van der Waals surface area contributed by atoms with Crippen LogP contribution in [-0.2, 0) is 9.59 Å². The maximum atomic E-state index is 13.8. The molecule has 1 aromatic carbocycles. The number of nitrogens with zero attached hydrogens (tertiary/aromatic N) is 1. The molecule has 1 aliphatic rings. The highest BCUT2D eigenvalue weighted by molar-refractivity contribution is 6.00. The van der Waals surface area contributed by atoms with Crippen molar-refractivity contribution in [2.24, 2.45) is 11.8 Å². The third-order valence-corrected chi connectivity index (χ3v) is 4.48. The minimum Gasteiger partial charge on any atom is -0.391 e. The Morgan fingerprint density at radius 2 is 2.17 bits per heavy atom. The van der Waals surface area contributed by atoms with Crippen LogP contribution >= 0.6 is 0 Å². The van der Waals surface area contributed by atoms with Gasteiger partial charge in [0.1, 0.15) is 11.6 Å². The van der Waals surface area contributed by atoms with E-state index in [1.807, 2.05) is 13.8 Å². The van der Waals surface area contributed by atoms with Crippen LogP contribution in [0.4, 0.5) is 14.5 Å². The lowest BCUT2D eigenvalue weighted by Gasteiger charge is -2.19. The van der Waals surface area contributed by atoms with Gasteiger partial charge in [-0.15, -0.1) is 0 Å². The number of rotatable bonds is 6. The molecule has 1 fully saturated rings. The lowest BCUT2D eigenvalue weighted by Crippen LogP contribution is -2.39. The van der Waals surface area contributed by atoms with Gasteiger partial charge in [0.05, 0.1) is 17.7 Å². The Bertz CT molecular complexity index is 624. The highest BCUT2D eigenvalue weighted by Gasteiger charge is 2.36. The number of halogens is 2. The molecule has 3 atom stereocenters. The van der Waals surface area contributed by atoms with E-state index in [2.05, 4.69) is 5.32 Å². The van der Waals surface area contributed by atoms with E-state index in [1.165, 1.54) is 6.07 Å². The van der Waals surface area contributed by atoms with E-state index in [0.717, 1.165) is 17.4 Å². The van der Waals surface area contributed by atoms with Gasteiger partial charge in [-0.1, -0.05) is 20.3 Å². The van der Waals surface area contributed by atoms with E-state index < -0.39 is 23.7 Å². The summed E-state index contributed by atoms with van der Waals surface area (Å²) in [6.07, 6.45) is 0.0975. The molecule has 2 amide bonds. The molecule has 0 aromatic heterocycles. The van der Waals surface area contributed by atoms with Crippen LogP contribution in [0.5, 0.6) is 0 Å². The molecule has 2 rings (SSSR count). The highest BCUT2D eigenvalue weighted by Crippen LogP contribution is 2.28. The molecule has 7 heteroatoms. The third kappa shape index (κ3) is 4.08. The van der Waals surface area contributed by atoms with Crippen molar-refractivity contribution in [2.45, 2.75) is 32.8 Å². The highest BCUT2D eigenvalue weighted by atomic mass is 19.1. The molecule has 132 valence electrons. The molecular formula is C17H22F2N2O3. The van der Waals surface area contributed by atoms with E-state index in [9.17, 15) is 23.5 Å². The number of carbonyl (C=O) groups is 2. The van der Waals surface area contributed by atoms with Gasteiger partial charge in [-0.05, 0) is 18.1 Å². The van der Waals surface area contributed by atoms with Crippen molar-refractivity contribution in [3.63, 3.8) is 0 Å². The number of amides is 2. The van der Waals surface area contributed by atoms with Crippen molar-refractivity contribution >= 4 is 17.5 Å². The van der Waals surface area contributed by atoms with E-state index in [4.69, 9.17) is 0 Å². The van der Waals surface area contributed by atoms with Gasteiger partial charge in [-0.3, -0.25) is 9.59 Å². The number of hydrogen-bond donors (Lipinski definition) is 2. The minimum absolute atomic E-state index is 0.0312. The minimum atomic E-state index is -0.836. The molecule has 0 saturated carbocycles. The predicted molar refractivity (Wildman–Crippen MR) is 85.3 cm³/mol. The fourth-order valence-electron chi connectivity index (χ4n) is 2.64. The van der Waals surface area contributed by atoms with Crippen LogP contribution in [-0.4, -0.2) is 36.1 Å². The Hall–Kier alpha value is -2.02. The average Bonchev–Trinajstić information content (AvgIpc) is 2.93. The first-order valence-electron chi connectivity index (χ1n) is 8.04. The first kappa shape index (κ1) is 18.3. The van der Waals surface area contributed by atoms with E-state index in [-0.39, 0.29) is 42.9 Å². The van der Waals surface area contributed by atoms with Crippen molar-refractivity contribution in [2.75, 3.05) is 18.0 Å². The zero-order chi connectivity index (χ0) is 17.9. The smallest absolute Gasteiger partial charge is 0.227 e. The van der Waals surface area contributed by atoms with Crippen molar-refractivity contribution < 1.29 is 23.5 Å². The lowest BCUT2D eigenvalue weighted by molar-refractivity contribution is -0.126. The largest absolute Gasteiger partial charge is 0.391 e. The molecule has 1 aliphatic heterocycles. The monoisotopic (exact) mass is 340 g/mol. The zero-order valence-electron chi connectivity index (χ0n) is 13.8. The van der Waals surface area contributed by atoms with Crippen LogP contribution in [0.2, 0.25) is 0 Å². The fraction of sp³-hybridized carbons (Fsp3) is 0.529. The van der Waals surface area contributed by atoms with Gasteiger partial charge in [-0.2, -0.15) is 0 Å². The molecule has 1 saturated heterocycles. The van der Waals surface area contributed by atoms with Crippen molar-refractivity contribution in [3.05, 3.63) is 29.8 Å². The molecule has 24 heavy (non-hydrogen) atoms. The van der Waals surface area contributed by atoms with Gasteiger partial charge in [-0.25, -0.2) is 8.78 Å². The van der Waals surface area contributed by atoms with Gasteiger partial charge in [0, 0.05) is 25.6 Å². The predicted octanol–water partition coefficient (Wildman–Crippen LogP) is 1.84. The maximum absolute atomic E-state index is 13.8. The molecule has 0 aliphatic carbocycles. The van der Waals surface area contributed by atoms with Crippen molar-refractivity contribution in [3.8, 4) is 0 Å². The van der Waals surface area contributed by atoms with Crippen LogP contribution in [0, 0.1) is 23.5 Å². The molecule has 0 spiro atoms. The molecule has 1 aromatic rings. The number of aliphatic hydroxyl groups excluding tert-OH is 1. The third-order valence-electron chi connectivity index (χ3n) is 4.48. The quantitative estimate of drug-likeness (QED) is 0.830. The molecule has 0 bridgehead atoms. The number of nitrogens with one attached hydrogen (secondary N) is 1. The van der Waals surface area contributed by atoms with Gasteiger partial charge >= 0.3 is 0 Å². The van der Waals surface area contributed by atoms with E-state index in [0.29, 0.717) is 6.07 Å². The summed E-state index contributed by atoms with van der Waals surface area (Å²) in [5.74, 6) is -2.86. The van der Waals surface area contributed by atoms with Crippen LogP contribution in [0.25, 0.3) is 0 Å². The van der Waals surface area contributed by atoms with Crippen LogP contribution in [0.15, 0.2) is 18.2 Å². The summed E-state index contributed by atoms with van der Waals surface area (Å²) in [6.45, 7) is 3.98. The van der Waals surface area contributed by atoms with Gasteiger partial charge < -0.3 is 15.3 Å². The van der Waals surface area contributed by atoms with Crippen molar-refractivity contribution in [1.29, 1.82) is 0 Å². The van der Waals surface area contributed by atoms with E-state index >= 15 is 0 Å². The number of aliphatic hydroxyl groups is 1. The summed E-state index contributed by atoms with van der Waals surface area (Å²) in [4.78, 5) is 25.4. The summed E-state index contributed by atoms with van der Waals surface area (Å²) in [5, 5.41) is 12.5. The fourth-order valence-corrected chi connectivity index (χ4v) is 2.64. The Balaban J connectivity index is 1.97. The van der Waals surface area contributed by atoms with E-state index in [1.54, 1.807) is 0 Å². The summed E-state index contributed by atoms with van der Waals surface area (Å²) < 4.78 is 26.8. The summed E-state index contributed by atoms with van der Waals surface area (Å²) in [5.41, 5.74) is -0.0312. The molecule has 0 radical (unpaired) electrons. The second-order valence-corrected chi connectivity index (χ2v) is 6.20. The van der Waals surface area contributed by atoms with Gasteiger partial charge in [0.25, 0.3) is 0 Å². The number of benzene rings is 1. The molecule has 3 unspecified atom stereocenters. The second kappa shape index (κ2) is 7.70. The normalized spacial score (nSPS) is 20.1. The number of anilines is 1. The standard InChI is InChI=1S/C17H22F2N2O3/c1-3-10(2)15(22)8-20-17(24)11-6-16(23)21(9-11)14-5-4-12(18)7-13(14)19/h4-5,7,10-11,15,22H,3,6,8-9H2,1-2H3,(H,20,24). The molecular weight excluding hydrogens is 318 g/mol. The second-order valence-electron chi connectivity index (χ2n) is 6.20. The van der Waals surface area contributed by atoms with Gasteiger partial charge in [0.15, 0.2) is 0 Å². The average molecular weight is 340 g/mol. The molecule has 2 N–H and O–H groups in total. The first-order chi connectivity index (χ1) is 11.3. The van der Waals surface area contributed by atoms with Crippen LogP contribution < -0.4 is 10.2 Å². The Morgan fingerprint density at radius 1 is 1.46 bits per heavy atom. The maximum Gasteiger partial charge on any atom is 0.227 e. The first-order valence-corrected chi connectivity index (χ1v) is 8.04. The summed E-state index contributed by atoms with van der Waals surface area (Å²) >= 11 is 0. The van der Waals surface area contributed by atoms with Crippen LogP contribution in [0.3, 0.4) is 0 Å². The Kier molecular flexibility index (Phi) is 5.88. The Morgan fingerprint density at radius 3 is 2.79 bits per heavy atom. The SMILES string of the molecule is CCC(C)C(O)CNC(=O)C1CC(=O)N(c2ccc(F)cc2F)C1. The summed E-state index contributed by atoms with van der Waals surface area (Å²) in [7, 11) is 0. The van der Waals surface area contributed by atoms with Gasteiger partial charge in [0.2, 0.25) is 11.8 Å². The van der Waals surface area contributed by atoms with Crippen molar-refractivity contribution in [1.82, 2.24) is 5.32 Å².